The van der Waals surface area contributed by atoms with Crippen molar-refractivity contribution in [3.63, 3.8) is 0 Å². The van der Waals surface area contributed by atoms with Crippen molar-refractivity contribution in [1.82, 2.24) is 10.3 Å². The number of hydrogen-bond acceptors (Lipinski definition) is 4. The van der Waals surface area contributed by atoms with Gasteiger partial charge in [0.15, 0.2) is 5.78 Å². The van der Waals surface area contributed by atoms with Gasteiger partial charge in [0.25, 0.3) is 0 Å². The number of ketones is 1. The molecule has 0 atom stereocenters. The zero-order valence-electron chi connectivity index (χ0n) is 7.69. The van der Waals surface area contributed by atoms with Gasteiger partial charge in [-0.05, 0) is 12.1 Å². The summed E-state index contributed by atoms with van der Waals surface area (Å²) < 4.78 is 4.32. The second kappa shape index (κ2) is 4.96. The number of nitrogens with zero attached hydrogens (tertiary/aromatic N) is 1. The first kappa shape index (κ1) is 10.2. The summed E-state index contributed by atoms with van der Waals surface area (Å²) >= 11 is 0. The van der Waals surface area contributed by atoms with E-state index in [9.17, 15) is 9.59 Å². The highest BCUT2D eigenvalue weighted by molar-refractivity contribution is 5.98. The molecule has 1 aromatic heterocycles. The van der Waals surface area contributed by atoms with Crippen LogP contribution < -0.4 is 5.32 Å². The summed E-state index contributed by atoms with van der Waals surface area (Å²) in [7, 11) is 1.24. The number of carbonyl (C=O) groups excluding carboxylic acids is 2. The van der Waals surface area contributed by atoms with Crippen LogP contribution in [0, 0.1) is 0 Å². The quantitative estimate of drug-likeness (QED) is 0.716. The highest BCUT2D eigenvalue weighted by atomic mass is 16.5. The van der Waals surface area contributed by atoms with Gasteiger partial charge in [-0.2, -0.15) is 0 Å². The Kier molecular flexibility index (Phi) is 3.60. The number of ether oxygens (including phenoxy) is 1. The lowest BCUT2D eigenvalue weighted by Crippen LogP contribution is -2.29. The summed E-state index contributed by atoms with van der Waals surface area (Å²) in [4.78, 5) is 25.8. The van der Waals surface area contributed by atoms with Gasteiger partial charge >= 0.3 is 6.09 Å². The average Bonchev–Trinajstić information content (AvgIpc) is 2.26. The van der Waals surface area contributed by atoms with Crippen LogP contribution in [-0.2, 0) is 4.74 Å². The Labute approximate surface area is 81.1 Å². The Hall–Kier alpha value is -1.91. The summed E-state index contributed by atoms with van der Waals surface area (Å²) in [5.41, 5.74) is 0.462. The standard InChI is InChI=1S/C9H10N2O3/c1-14-9(13)11-6-8(12)7-3-2-4-10-5-7/h2-5H,6H2,1H3,(H,11,13). The molecule has 1 heterocycles. The Balaban J connectivity index is 2.48. The third kappa shape index (κ3) is 2.85. The minimum Gasteiger partial charge on any atom is -0.453 e. The largest absolute Gasteiger partial charge is 0.453 e. The van der Waals surface area contributed by atoms with Crippen LogP contribution in [0.1, 0.15) is 10.4 Å². The molecule has 0 radical (unpaired) electrons. The van der Waals surface area contributed by atoms with Crippen molar-refractivity contribution in [1.29, 1.82) is 0 Å². The molecule has 1 N–H and O–H groups in total. The number of amides is 1. The average molecular weight is 194 g/mol. The Morgan fingerprint density at radius 2 is 2.36 bits per heavy atom. The first-order valence-electron chi connectivity index (χ1n) is 3.99. The van der Waals surface area contributed by atoms with Gasteiger partial charge in [-0.3, -0.25) is 9.78 Å². The minimum atomic E-state index is -0.623. The molecule has 1 rings (SSSR count). The zero-order valence-corrected chi connectivity index (χ0v) is 7.69. The molecule has 0 unspecified atom stereocenters. The molecular weight excluding hydrogens is 184 g/mol. The number of alkyl carbamates (subject to hydrolysis) is 1. The van der Waals surface area contributed by atoms with E-state index in [4.69, 9.17) is 0 Å². The maximum absolute atomic E-state index is 11.4. The summed E-state index contributed by atoms with van der Waals surface area (Å²) in [5, 5.41) is 2.29. The highest BCUT2D eigenvalue weighted by Crippen LogP contribution is 1.95. The maximum Gasteiger partial charge on any atom is 0.407 e. The van der Waals surface area contributed by atoms with E-state index in [0.717, 1.165) is 0 Å². The smallest absolute Gasteiger partial charge is 0.407 e. The van der Waals surface area contributed by atoms with Crippen molar-refractivity contribution in [2.24, 2.45) is 0 Å². The van der Waals surface area contributed by atoms with Crippen LogP contribution in [0.25, 0.3) is 0 Å². The Morgan fingerprint density at radius 3 is 2.93 bits per heavy atom. The summed E-state index contributed by atoms with van der Waals surface area (Å²) in [6.07, 6.45) is 2.40. The minimum absolute atomic E-state index is 0.0850. The van der Waals surface area contributed by atoms with Crippen LogP contribution in [0.2, 0.25) is 0 Å². The van der Waals surface area contributed by atoms with Crippen molar-refractivity contribution >= 4 is 11.9 Å². The number of rotatable bonds is 3. The van der Waals surface area contributed by atoms with Crippen LogP contribution in [0.4, 0.5) is 4.79 Å². The first-order valence-corrected chi connectivity index (χ1v) is 3.99. The zero-order chi connectivity index (χ0) is 10.4. The molecule has 74 valence electrons. The molecule has 0 spiro atoms. The lowest BCUT2D eigenvalue weighted by molar-refractivity contribution is 0.0983. The van der Waals surface area contributed by atoms with E-state index < -0.39 is 6.09 Å². The number of methoxy groups -OCH3 is 1. The SMILES string of the molecule is COC(=O)NCC(=O)c1cccnc1. The molecule has 5 nitrogen and oxygen atoms in total. The van der Waals surface area contributed by atoms with Crippen molar-refractivity contribution < 1.29 is 14.3 Å². The van der Waals surface area contributed by atoms with E-state index in [1.165, 1.54) is 13.3 Å². The van der Waals surface area contributed by atoms with Gasteiger partial charge in [0.05, 0.1) is 13.7 Å². The predicted molar refractivity (Wildman–Crippen MR) is 49.0 cm³/mol. The normalized spacial score (nSPS) is 9.21. The van der Waals surface area contributed by atoms with Gasteiger partial charge < -0.3 is 10.1 Å². The Morgan fingerprint density at radius 1 is 1.57 bits per heavy atom. The number of pyridine rings is 1. The molecule has 1 amide bonds. The van der Waals surface area contributed by atoms with Crippen LogP contribution in [0.5, 0.6) is 0 Å². The lowest BCUT2D eigenvalue weighted by atomic mass is 10.2. The second-order valence-electron chi connectivity index (χ2n) is 2.51. The van der Waals surface area contributed by atoms with Crippen LogP contribution >= 0.6 is 0 Å². The topological polar surface area (TPSA) is 68.3 Å². The summed E-state index contributed by atoms with van der Waals surface area (Å²) in [6.45, 7) is -0.0850. The second-order valence-corrected chi connectivity index (χ2v) is 2.51. The van der Waals surface area contributed by atoms with Crippen LogP contribution in [0.3, 0.4) is 0 Å². The van der Waals surface area contributed by atoms with Gasteiger partial charge in [-0.1, -0.05) is 0 Å². The lowest BCUT2D eigenvalue weighted by Gasteiger charge is -2.01. The van der Waals surface area contributed by atoms with Gasteiger partial charge in [-0.15, -0.1) is 0 Å². The van der Waals surface area contributed by atoms with Crippen LogP contribution in [-0.4, -0.2) is 30.5 Å². The Bertz CT molecular complexity index is 324. The van der Waals surface area contributed by atoms with Gasteiger partial charge in [0, 0.05) is 18.0 Å². The summed E-state index contributed by atoms with van der Waals surface area (Å²) in [6, 6.07) is 3.29. The van der Waals surface area contributed by atoms with E-state index in [0.29, 0.717) is 5.56 Å². The third-order valence-electron chi connectivity index (χ3n) is 1.56. The molecule has 0 bridgehead atoms. The van der Waals surface area contributed by atoms with Crippen molar-refractivity contribution in [2.45, 2.75) is 0 Å². The molecule has 0 aliphatic rings. The molecular formula is C9H10N2O3. The van der Waals surface area contributed by atoms with E-state index in [-0.39, 0.29) is 12.3 Å². The molecule has 5 heteroatoms. The fourth-order valence-electron chi connectivity index (χ4n) is 0.854. The van der Waals surface area contributed by atoms with Crippen molar-refractivity contribution in [3.8, 4) is 0 Å². The molecule has 1 aromatic rings. The molecule has 0 aromatic carbocycles. The molecule has 0 saturated heterocycles. The molecule has 0 aliphatic heterocycles. The summed E-state index contributed by atoms with van der Waals surface area (Å²) in [5.74, 6) is -0.205. The molecule has 0 fully saturated rings. The number of hydrogen-bond donors (Lipinski definition) is 1. The maximum atomic E-state index is 11.4. The third-order valence-corrected chi connectivity index (χ3v) is 1.56. The highest BCUT2D eigenvalue weighted by Gasteiger charge is 2.06. The van der Waals surface area contributed by atoms with E-state index in [1.807, 2.05) is 0 Å². The molecule has 0 saturated carbocycles. The van der Waals surface area contributed by atoms with E-state index >= 15 is 0 Å². The number of nitrogens with one attached hydrogen (secondary N) is 1. The fraction of sp³-hybridized carbons (Fsp3) is 0.222. The predicted octanol–water partition coefficient (Wildman–Crippen LogP) is 0.620. The van der Waals surface area contributed by atoms with Crippen molar-refractivity contribution in [2.75, 3.05) is 13.7 Å². The number of aromatic nitrogens is 1. The van der Waals surface area contributed by atoms with Gasteiger partial charge in [-0.25, -0.2) is 4.79 Å². The first-order chi connectivity index (χ1) is 6.74. The van der Waals surface area contributed by atoms with Gasteiger partial charge in [0.2, 0.25) is 0 Å². The molecule has 14 heavy (non-hydrogen) atoms. The van der Waals surface area contributed by atoms with E-state index in [2.05, 4.69) is 15.0 Å². The number of Topliss-reactive ketones (excluding diaryl/α,β-unsaturated/α-hetero) is 1. The molecule has 0 aliphatic carbocycles. The van der Waals surface area contributed by atoms with Gasteiger partial charge in [0.1, 0.15) is 0 Å². The number of carbonyl (C=O) groups is 2. The monoisotopic (exact) mass is 194 g/mol. The van der Waals surface area contributed by atoms with Crippen LogP contribution in [0.15, 0.2) is 24.5 Å². The van der Waals surface area contributed by atoms with E-state index in [1.54, 1.807) is 18.3 Å². The van der Waals surface area contributed by atoms with Crippen molar-refractivity contribution in [3.05, 3.63) is 30.1 Å². The fourth-order valence-corrected chi connectivity index (χ4v) is 0.854.